The molecule has 0 radical (unpaired) electrons. The number of piperidine rings is 2. The zero-order valence-electron chi connectivity index (χ0n) is 69.8. The largest absolute Gasteiger partial charge is 0.462 e. The lowest BCUT2D eigenvalue weighted by atomic mass is 9.81. The topological polar surface area (TPSA) is 230 Å². The van der Waals surface area contributed by atoms with E-state index in [2.05, 4.69) is 198 Å². The minimum Gasteiger partial charge on any atom is -0.462 e. The summed E-state index contributed by atoms with van der Waals surface area (Å²) in [4.78, 5) is 73.8. The van der Waals surface area contributed by atoms with Crippen LogP contribution in [0, 0.1) is 0 Å². The molecule has 6 aliphatic heterocycles. The number of ether oxygens (including phenoxy) is 6. The van der Waals surface area contributed by atoms with Crippen LogP contribution in [0.4, 0.5) is 0 Å². The number of carbonyl (C=O) groups excluding carboxylic acids is 6. The average molecular weight is 1440 g/mol. The highest BCUT2D eigenvalue weighted by Crippen LogP contribution is 2.37. The maximum absolute atomic E-state index is 12.4. The number of nitrogens with one attached hydrogen (secondary N) is 6. The minimum atomic E-state index is -0.180. The van der Waals surface area contributed by atoms with Crippen LogP contribution >= 0.6 is 0 Å². The molecule has 0 aliphatic carbocycles. The van der Waals surface area contributed by atoms with Crippen LogP contribution < -0.4 is 31.9 Å². The first-order chi connectivity index (χ1) is 46.8. The first kappa shape index (κ1) is 91.0. The van der Waals surface area contributed by atoms with E-state index in [0.29, 0.717) is 38.5 Å². The van der Waals surface area contributed by atoms with Crippen LogP contribution in [0.2, 0.25) is 0 Å². The Bertz CT molecular complexity index is 2400. The molecule has 0 aromatic rings. The highest BCUT2D eigenvalue weighted by atomic mass is 16.6. The van der Waals surface area contributed by atoms with Gasteiger partial charge in [0.15, 0.2) is 0 Å². The van der Waals surface area contributed by atoms with Gasteiger partial charge in [-0.1, -0.05) is 77.0 Å². The Kier molecular flexibility index (Phi) is 34.9. The molecule has 6 fully saturated rings. The third-order valence-electron chi connectivity index (χ3n) is 21.4. The van der Waals surface area contributed by atoms with Gasteiger partial charge in [-0.3, -0.25) is 28.8 Å². The van der Waals surface area contributed by atoms with Gasteiger partial charge in [-0.15, -0.1) is 0 Å². The number of rotatable bonds is 33. The van der Waals surface area contributed by atoms with Crippen LogP contribution in [0.15, 0.2) is 0 Å². The quantitative estimate of drug-likeness (QED) is 0.0204. The summed E-state index contributed by atoms with van der Waals surface area (Å²) < 4.78 is 34.8. The Labute approximate surface area is 622 Å². The van der Waals surface area contributed by atoms with Gasteiger partial charge in [0, 0.05) is 145 Å². The summed E-state index contributed by atoms with van der Waals surface area (Å²) in [5.74, 6) is -0.413. The lowest BCUT2D eigenvalue weighted by Gasteiger charge is -2.46. The van der Waals surface area contributed by atoms with Gasteiger partial charge < -0.3 is 60.3 Å². The molecule has 0 spiro atoms. The van der Waals surface area contributed by atoms with E-state index in [0.717, 1.165) is 193 Å². The lowest BCUT2D eigenvalue weighted by molar-refractivity contribution is -0.154. The zero-order chi connectivity index (χ0) is 76.9. The van der Waals surface area contributed by atoms with E-state index in [-0.39, 0.29) is 139 Å². The SMILES string of the molecule is CC1(C)CC(OC(=O)CCCCCCCCC(=O)OC2CC(C)(C)NC(C)(C)C2)CC(C)(C)N1.CC1(C)CC(OC(=O)CCCCCCCCC(=O)OC2CC(C)(C)NC2(C)C)C(C)(C)N1.CC1(C)CCC(OC(=O)CCCCCCCCC(=O)OC2CCC(C)(C)NC(C)(C)C2)CC(C)(C)N1. The highest BCUT2D eigenvalue weighted by molar-refractivity contribution is 5.71. The lowest BCUT2D eigenvalue weighted by Crippen LogP contribution is -2.59. The van der Waals surface area contributed by atoms with Crippen LogP contribution in [-0.4, -0.2) is 139 Å². The van der Waals surface area contributed by atoms with Crippen molar-refractivity contribution >= 4 is 35.8 Å². The molecule has 6 aliphatic rings. The molecule has 6 heterocycles. The third kappa shape index (κ3) is 37.4. The van der Waals surface area contributed by atoms with Gasteiger partial charge >= 0.3 is 35.8 Å². The summed E-state index contributed by atoms with van der Waals surface area (Å²) in [6.45, 7) is 52.0. The first-order valence-electron chi connectivity index (χ1n) is 40.7. The molecular weight excluding hydrogens is 1280 g/mol. The number of hydrogen-bond donors (Lipinski definition) is 6. The molecule has 6 saturated heterocycles. The van der Waals surface area contributed by atoms with Gasteiger partial charge in [0.1, 0.15) is 36.6 Å². The van der Waals surface area contributed by atoms with Crippen LogP contribution in [0.1, 0.15) is 397 Å². The molecule has 6 rings (SSSR count). The molecule has 4 unspecified atom stereocenters. The molecule has 594 valence electrons. The number of unbranched alkanes of at least 4 members (excludes halogenated alkanes) is 15. The Balaban J connectivity index is 0.000000325. The van der Waals surface area contributed by atoms with Gasteiger partial charge in [0.05, 0.1) is 11.1 Å². The zero-order valence-corrected chi connectivity index (χ0v) is 69.8. The number of carbonyl (C=O) groups is 6. The van der Waals surface area contributed by atoms with Gasteiger partial charge in [-0.05, 0) is 230 Å². The van der Waals surface area contributed by atoms with Crippen molar-refractivity contribution < 1.29 is 57.2 Å². The molecular formula is C84H156N6O12. The van der Waals surface area contributed by atoms with Crippen molar-refractivity contribution in [3.8, 4) is 0 Å². The monoisotopic (exact) mass is 1440 g/mol. The second-order valence-corrected chi connectivity index (χ2v) is 40.0. The molecule has 0 aromatic carbocycles. The van der Waals surface area contributed by atoms with E-state index in [1.54, 1.807) is 0 Å². The Morgan fingerprint density at radius 3 is 0.618 bits per heavy atom. The summed E-state index contributed by atoms with van der Waals surface area (Å²) in [7, 11) is 0. The number of esters is 6. The molecule has 102 heavy (non-hydrogen) atoms. The summed E-state index contributed by atoms with van der Waals surface area (Å²) in [6, 6.07) is 0. The fourth-order valence-corrected chi connectivity index (χ4v) is 18.2. The van der Waals surface area contributed by atoms with Gasteiger partial charge in [0.25, 0.3) is 0 Å². The third-order valence-corrected chi connectivity index (χ3v) is 21.4. The minimum absolute atomic E-state index is 0.000484. The van der Waals surface area contributed by atoms with Crippen molar-refractivity contribution in [2.24, 2.45) is 0 Å². The Hall–Kier alpha value is -3.42. The van der Waals surface area contributed by atoms with Crippen molar-refractivity contribution in [1.29, 1.82) is 0 Å². The smallest absolute Gasteiger partial charge is 0.306 e. The van der Waals surface area contributed by atoms with Crippen molar-refractivity contribution in [3.63, 3.8) is 0 Å². The molecule has 18 nitrogen and oxygen atoms in total. The van der Waals surface area contributed by atoms with Crippen LogP contribution in [-0.2, 0) is 57.2 Å². The summed E-state index contributed by atoms with van der Waals surface area (Å²) in [5.41, 5.74) is -0.329. The number of hydrogen-bond acceptors (Lipinski definition) is 18. The fourth-order valence-electron chi connectivity index (χ4n) is 18.2. The van der Waals surface area contributed by atoms with E-state index in [4.69, 9.17) is 28.4 Å². The van der Waals surface area contributed by atoms with E-state index < -0.39 is 0 Å². The van der Waals surface area contributed by atoms with Crippen molar-refractivity contribution in [2.75, 3.05) is 0 Å². The van der Waals surface area contributed by atoms with E-state index in [1.807, 2.05) is 0 Å². The molecule has 0 aromatic heterocycles. The second kappa shape index (κ2) is 39.1. The maximum Gasteiger partial charge on any atom is 0.306 e. The van der Waals surface area contributed by atoms with Gasteiger partial charge in [0.2, 0.25) is 0 Å². The highest BCUT2D eigenvalue weighted by Gasteiger charge is 2.48. The van der Waals surface area contributed by atoms with Gasteiger partial charge in [-0.2, -0.15) is 0 Å². The molecule has 0 saturated carbocycles. The molecule has 6 N–H and O–H groups in total. The van der Waals surface area contributed by atoms with Crippen LogP contribution in [0.5, 0.6) is 0 Å². The first-order valence-corrected chi connectivity index (χ1v) is 40.7. The average Bonchev–Trinajstić information content (AvgIpc) is 1.58. The summed E-state index contributed by atoms with van der Waals surface area (Å²) >= 11 is 0. The van der Waals surface area contributed by atoms with Crippen LogP contribution in [0.25, 0.3) is 0 Å². The maximum atomic E-state index is 12.4. The predicted molar refractivity (Wildman–Crippen MR) is 413 cm³/mol. The Morgan fingerprint density at radius 2 is 0.402 bits per heavy atom. The van der Waals surface area contributed by atoms with Crippen LogP contribution in [0.3, 0.4) is 0 Å². The normalized spacial score (nSPS) is 26.0. The predicted octanol–water partition coefficient (Wildman–Crippen LogP) is 17.4. The van der Waals surface area contributed by atoms with Crippen molar-refractivity contribution in [3.05, 3.63) is 0 Å². The van der Waals surface area contributed by atoms with Crippen molar-refractivity contribution in [2.45, 2.75) is 500 Å². The summed E-state index contributed by atoms with van der Waals surface area (Å²) in [6.07, 6.45) is 31.5. The molecule has 0 bridgehead atoms. The van der Waals surface area contributed by atoms with E-state index in [1.165, 1.54) is 0 Å². The molecule has 4 atom stereocenters. The van der Waals surface area contributed by atoms with E-state index in [9.17, 15) is 28.8 Å². The van der Waals surface area contributed by atoms with Crippen molar-refractivity contribution in [1.82, 2.24) is 31.9 Å². The fraction of sp³-hybridized carbons (Fsp3) is 0.929. The van der Waals surface area contributed by atoms with E-state index >= 15 is 0 Å². The second-order valence-electron chi connectivity index (χ2n) is 40.0. The van der Waals surface area contributed by atoms with Gasteiger partial charge in [-0.25, -0.2) is 0 Å². The Morgan fingerprint density at radius 1 is 0.225 bits per heavy atom. The summed E-state index contributed by atoms with van der Waals surface area (Å²) in [5, 5.41) is 21.7. The molecule has 0 amide bonds. The molecule has 18 heteroatoms. The standard InChI is InChI=1S/C30H56N2O4.C28H52N2O4.C26H48N2O4/c1-27(2)19-17-23(21-29(5,6)31-27)35-25(33)15-13-11-9-10-12-14-16-26(34)36-24-18-20-28(3,4)32-30(7,8)22-24;1-25(2)17-21(18-26(3,4)29-25)33-23(31)15-13-11-9-10-12-14-16-24(32)34-22-19-27(5,6)30-28(7,8)20-22;1-23(2)17-19(25(5,6)27-23)31-21(29)15-13-11-9-10-12-14-16-22(30)32-20-18-24(3,4)28-26(20,7)8/h23-24,31-32H,9-22H2,1-8H3;21-22,29-30H,9-20H2,1-8H3;19-20,27-28H,9-18H2,1-8H3.